The summed E-state index contributed by atoms with van der Waals surface area (Å²) < 4.78 is 15.3. The summed E-state index contributed by atoms with van der Waals surface area (Å²) in [6.45, 7) is 10.3. The third-order valence-electron chi connectivity index (χ3n) is 2.55. The summed E-state index contributed by atoms with van der Waals surface area (Å²) >= 11 is 0. The Balaban J connectivity index is -0.00000128. The van der Waals surface area contributed by atoms with Gasteiger partial charge in [0.15, 0.2) is 0 Å². The fourth-order valence-electron chi connectivity index (χ4n) is 2.24. The van der Waals surface area contributed by atoms with Gasteiger partial charge in [0.1, 0.15) is 0 Å². The molecule has 0 heterocycles. The van der Waals surface area contributed by atoms with Crippen molar-refractivity contribution in [3.8, 4) is 0 Å². The first-order valence-electron chi connectivity index (χ1n) is 6.30. The molecule has 0 radical (unpaired) electrons. The molecule has 0 N–H and O–H groups in total. The van der Waals surface area contributed by atoms with Crippen LogP contribution in [0.3, 0.4) is 0 Å². The average molecular weight is 342 g/mol. The zero-order valence-electron chi connectivity index (χ0n) is 13.5. The number of hydrogen-bond acceptors (Lipinski definition) is 4. The number of phosphoric ester groups is 1. The third kappa shape index (κ3) is 19.3. The molecule has 2 unspecified atom stereocenters. The Hall–Kier alpha value is 3.38. The molecule has 19 heavy (non-hydrogen) atoms. The first-order chi connectivity index (χ1) is 7.60. The second kappa shape index (κ2) is 13.8. The van der Waals surface area contributed by atoms with Crippen LogP contribution < -0.4 is 113 Å². The molecule has 0 spiro atoms. The van der Waals surface area contributed by atoms with Crippen molar-refractivity contribution in [2.45, 2.75) is 60.0 Å². The zero-order valence-corrected chi connectivity index (χ0v) is 20.7. The van der Waals surface area contributed by atoms with E-state index in [4.69, 9.17) is 0 Å². The minimum absolute atomic E-state index is 0. The smallest absolute Gasteiger partial charge is 0.790 e. The van der Waals surface area contributed by atoms with Gasteiger partial charge in [-0.3, -0.25) is 0 Å². The van der Waals surface area contributed by atoms with E-state index in [1.54, 1.807) is 0 Å². The van der Waals surface area contributed by atoms with Crippen molar-refractivity contribution >= 4 is 7.82 Å². The fraction of sp³-hybridized carbons (Fsp3) is 1.00. The molecule has 0 saturated heterocycles. The number of phosphoric acid groups is 1. The van der Waals surface area contributed by atoms with Gasteiger partial charge in [-0.2, -0.15) is 0 Å². The Labute approximate surface area is 203 Å². The van der Waals surface area contributed by atoms with E-state index in [9.17, 15) is 14.4 Å². The quantitative estimate of drug-likeness (QED) is 0.337. The van der Waals surface area contributed by atoms with Gasteiger partial charge in [-0.25, -0.2) is 0 Å². The van der Waals surface area contributed by atoms with E-state index in [1.165, 1.54) is 0 Å². The summed E-state index contributed by atoms with van der Waals surface area (Å²) in [5, 5.41) is 0. The minimum atomic E-state index is -4.87. The molecule has 0 aliphatic carbocycles. The predicted molar refractivity (Wildman–Crippen MR) is 65.2 cm³/mol. The van der Waals surface area contributed by atoms with E-state index >= 15 is 0 Å². The van der Waals surface area contributed by atoms with Crippen LogP contribution in [0.1, 0.15) is 53.9 Å². The summed E-state index contributed by atoms with van der Waals surface area (Å²) in [6, 6.07) is 0. The predicted octanol–water partition coefficient (Wildman–Crippen LogP) is -3.67. The monoisotopic (exact) mass is 342 g/mol. The molecule has 104 valence electrons. The molecule has 0 aromatic rings. The first-order valence-corrected chi connectivity index (χ1v) is 7.76. The molecule has 0 aromatic heterocycles. The summed E-state index contributed by atoms with van der Waals surface area (Å²) in [4.78, 5) is 21.4. The molecule has 0 aliphatic rings. The Bertz CT molecular complexity index is 256. The van der Waals surface area contributed by atoms with Gasteiger partial charge < -0.3 is 18.9 Å². The van der Waals surface area contributed by atoms with Crippen LogP contribution in [-0.4, -0.2) is 6.10 Å². The summed E-state index contributed by atoms with van der Waals surface area (Å²) in [5.41, 5.74) is 0. The number of hydrogen-bond donors (Lipinski definition) is 0. The topological polar surface area (TPSA) is 72.4 Å². The first kappa shape index (κ1) is 27.2. The third-order valence-corrected chi connectivity index (χ3v) is 3.11. The Morgan fingerprint density at radius 3 is 1.63 bits per heavy atom. The second-order valence-electron chi connectivity index (χ2n) is 5.77. The van der Waals surface area contributed by atoms with E-state index < -0.39 is 13.9 Å². The molecule has 0 rings (SSSR count). The summed E-state index contributed by atoms with van der Waals surface area (Å²) in [6.07, 6.45) is 1.78. The van der Waals surface area contributed by atoms with E-state index in [2.05, 4.69) is 25.3 Å². The van der Waals surface area contributed by atoms with Gasteiger partial charge in [-0.15, -0.1) is 0 Å². The zero-order chi connectivity index (χ0) is 13.6. The SMILES string of the molecule is CC(C)CC(C)CC(CC(C)C)OP(=O)([O-])[O-].[K+].[K+]. The largest absolute Gasteiger partial charge is 1.00 e. The molecule has 0 amide bonds. The van der Waals surface area contributed by atoms with Crippen LogP contribution in [0.4, 0.5) is 0 Å². The van der Waals surface area contributed by atoms with Gasteiger partial charge in [0.25, 0.3) is 0 Å². The Kier molecular flexibility index (Phi) is 19.8. The van der Waals surface area contributed by atoms with Crippen LogP contribution in [0, 0.1) is 17.8 Å². The van der Waals surface area contributed by atoms with Crippen molar-refractivity contribution in [3.63, 3.8) is 0 Å². The van der Waals surface area contributed by atoms with Gasteiger partial charge in [0.05, 0.1) is 13.9 Å². The normalized spacial score (nSPS) is 14.8. The maximum Gasteiger partial charge on any atom is 1.00 e. The number of rotatable bonds is 8. The maximum atomic E-state index is 10.7. The van der Waals surface area contributed by atoms with Crippen LogP contribution in [0.5, 0.6) is 0 Å². The summed E-state index contributed by atoms with van der Waals surface area (Å²) in [5.74, 6) is 1.25. The van der Waals surface area contributed by atoms with Crippen LogP contribution in [0.25, 0.3) is 0 Å². The van der Waals surface area contributed by atoms with Crippen molar-refractivity contribution in [1.82, 2.24) is 0 Å². The molecule has 0 saturated carbocycles. The van der Waals surface area contributed by atoms with Gasteiger partial charge in [0, 0.05) is 0 Å². The molecule has 0 fully saturated rings. The van der Waals surface area contributed by atoms with Crippen molar-refractivity contribution < 1.29 is 122 Å². The van der Waals surface area contributed by atoms with E-state index in [0.29, 0.717) is 30.6 Å². The maximum absolute atomic E-state index is 10.7. The van der Waals surface area contributed by atoms with Crippen molar-refractivity contribution in [3.05, 3.63) is 0 Å². The van der Waals surface area contributed by atoms with Gasteiger partial charge >= 0.3 is 103 Å². The van der Waals surface area contributed by atoms with Gasteiger partial charge in [-0.1, -0.05) is 34.6 Å². The minimum Gasteiger partial charge on any atom is -0.790 e. The van der Waals surface area contributed by atoms with E-state index in [-0.39, 0.29) is 103 Å². The molecular weight excluding hydrogens is 317 g/mol. The van der Waals surface area contributed by atoms with Crippen molar-refractivity contribution in [2.24, 2.45) is 17.8 Å². The molecule has 0 aromatic carbocycles. The van der Waals surface area contributed by atoms with Crippen LogP contribution in [-0.2, 0) is 9.09 Å². The fourth-order valence-corrected chi connectivity index (χ4v) is 2.78. The Morgan fingerprint density at radius 2 is 1.32 bits per heavy atom. The van der Waals surface area contributed by atoms with Gasteiger partial charge in [0.2, 0.25) is 0 Å². The second-order valence-corrected chi connectivity index (χ2v) is 6.88. The van der Waals surface area contributed by atoms with Crippen molar-refractivity contribution in [2.75, 3.05) is 0 Å². The summed E-state index contributed by atoms with van der Waals surface area (Å²) in [7, 11) is -4.87. The molecule has 7 heteroatoms. The molecule has 4 nitrogen and oxygen atoms in total. The van der Waals surface area contributed by atoms with E-state index in [1.807, 2.05) is 13.8 Å². The van der Waals surface area contributed by atoms with Gasteiger partial charge in [-0.05, 0) is 37.0 Å². The van der Waals surface area contributed by atoms with Crippen molar-refractivity contribution in [1.29, 1.82) is 0 Å². The standard InChI is InChI=1S/C12H27O4P.2K/c1-9(2)6-11(5)8-12(7-10(3)4)16-17(13,14)15;;/h9-12H,6-8H2,1-5H3,(H2,13,14,15);;/q;2*+1/p-2. The molecule has 2 atom stereocenters. The van der Waals surface area contributed by atoms with E-state index in [0.717, 1.165) is 6.42 Å². The van der Waals surface area contributed by atoms with Crippen LogP contribution >= 0.6 is 7.82 Å². The molecular formula is C12H25K2O4P. The van der Waals surface area contributed by atoms with Crippen LogP contribution in [0.2, 0.25) is 0 Å². The Morgan fingerprint density at radius 1 is 0.895 bits per heavy atom. The average Bonchev–Trinajstić information content (AvgIpc) is 1.95. The molecule has 0 aliphatic heterocycles. The van der Waals surface area contributed by atoms with Crippen LogP contribution in [0.15, 0.2) is 0 Å². The molecule has 0 bridgehead atoms.